The molecule has 0 aromatic carbocycles. The molecule has 1 aliphatic heterocycles. The van der Waals surface area contributed by atoms with Crippen LogP contribution in [0.25, 0.3) is 0 Å². The van der Waals surface area contributed by atoms with E-state index in [1.165, 1.54) is 23.8 Å². The number of Topliss-reactive ketones (excluding diaryl/α,β-unsaturated/α-hetero) is 1. The third kappa shape index (κ3) is 2.44. The zero-order valence-electron chi connectivity index (χ0n) is 11.2. The Balaban J connectivity index is 2.31. The average Bonchev–Trinajstić information content (AvgIpc) is 2.92. The fourth-order valence-corrected chi connectivity index (χ4v) is 2.39. The van der Waals surface area contributed by atoms with Gasteiger partial charge in [-0.2, -0.15) is 0 Å². The Kier molecular flexibility index (Phi) is 3.63. The Bertz CT molecular complexity index is 577. The maximum atomic E-state index is 12.4. The van der Waals surface area contributed by atoms with Crippen LogP contribution in [0.2, 0.25) is 0 Å². The molecule has 7 nitrogen and oxygen atoms in total. The van der Waals surface area contributed by atoms with E-state index in [4.69, 9.17) is 5.11 Å². The summed E-state index contributed by atoms with van der Waals surface area (Å²) in [5, 5.41) is 18.7. The number of hydrogen-bond acceptors (Lipinski definition) is 4. The summed E-state index contributed by atoms with van der Waals surface area (Å²) in [6, 6.07) is 0.405. The standard InChI is InChI=1S/C13H16N2O5/c1-7(16)8-3-10(14(2)5-8)12(18)15-6-9(17)4-11(15)13(19)20/h3,5,9,11,17H,4,6H2,1-2H3,(H,19,20)/t9-,11-/m1/s1. The molecule has 20 heavy (non-hydrogen) atoms. The van der Waals surface area contributed by atoms with Crippen LogP contribution in [-0.2, 0) is 11.8 Å². The van der Waals surface area contributed by atoms with Crippen LogP contribution in [-0.4, -0.2) is 56.0 Å². The van der Waals surface area contributed by atoms with Crippen LogP contribution in [0.1, 0.15) is 34.2 Å². The molecule has 0 radical (unpaired) electrons. The van der Waals surface area contributed by atoms with E-state index >= 15 is 0 Å². The normalized spacial score (nSPS) is 22.1. The number of ketones is 1. The van der Waals surface area contributed by atoms with E-state index in [2.05, 4.69) is 0 Å². The van der Waals surface area contributed by atoms with Gasteiger partial charge in [-0.25, -0.2) is 4.79 Å². The molecule has 0 saturated carbocycles. The van der Waals surface area contributed by atoms with Crippen LogP contribution in [0.3, 0.4) is 0 Å². The monoisotopic (exact) mass is 280 g/mol. The van der Waals surface area contributed by atoms with Crippen molar-refractivity contribution in [3.63, 3.8) is 0 Å². The number of aryl methyl sites for hydroxylation is 1. The highest BCUT2D eigenvalue weighted by molar-refractivity contribution is 6.00. The fourth-order valence-electron chi connectivity index (χ4n) is 2.39. The molecule has 1 aliphatic rings. The van der Waals surface area contributed by atoms with Crippen LogP contribution in [0.15, 0.2) is 12.3 Å². The molecule has 2 heterocycles. The fraction of sp³-hybridized carbons (Fsp3) is 0.462. The highest BCUT2D eigenvalue weighted by atomic mass is 16.4. The van der Waals surface area contributed by atoms with E-state index in [1.807, 2.05) is 0 Å². The second kappa shape index (κ2) is 5.09. The summed E-state index contributed by atoms with van der Waals surface area (Å²) < 4.78 is 1.49. The number of carbonyl (C=O) groups is 3. The Labute approximate surface area is 115 Å². The number of carbonyl (C=O) groups excluding carboxylic acids is 2. The minimum atomic E-state index is -1.14. The van der Waals surface area contributed by atoms with Crippen LogP contribution >= 0.6 is 0 Å². The molecule has 7 heteroatoms. The Morgan fingerprint density at radius 2 is 2.00 bits per heavy atom. The van der Waals surface area contributed by atoms with Gasteiger partial charge in [-0.15, -0.1) is 0 Å². The number of rotatable bonds is 3. The Morgan fingerprint density at radius 3 is 2.50 bits per heavy atom. The van der Waals surface area contributed by atoms with Crippen LogP contribution in [0.4, 0.5) is 0 Å². The first-order valence-corrected chi connectivity index (χ1v) is 6.20. The summed E-state index contributed by atoms with van der Waals surface area (Å²) in [7, 11) is 1.61. The van der Waals surface area contributed by atoms with Crippen molar-refractivity contribution in [2.75, 3.05) is 6.54 Å². The van der Waals surface area contributed by atoms with E-state index in [1.54, 1.807) is 7.05 Å². The number of aliphatic carboxylic acids is 1. The van der Waals surface area contributed by atoms with Crippen molar-refractivity contribution >= 4 is 17.7 Å². The zero-order chi connectivity index (χ0) is 15.0. The summed E-state index contributed by atoms with van der Waals surface area (Å²) in [6.45, 7) is 1.37. The Morgan fingerprint density at radius 1 is 1.35 bits per heavy atom. The molecular weight excluding hydrogens is 264 g/mol. The number of amides is 1. The minimum Gasteiger partial charge on any atom is -0.480 e. The molecule has 1 saturated heterocycles. The number of hydrogen-bond donors (Lipinski definition) is 2. The summed E-state index contributed by atoms with van der Waals surface area (Å²) in [4.78, 5) is 35.9. The topological polar surface area (TPSA) is 99.8 Å². The maximum Gasteiger partial charge on any atom is 0.326 e. The second-order valence-electron chi connectivity index (χ2n) is 4.98. The first kappa shape index (κ1) is 14.3. The van der Waals surface area contributed by atoms with Gasteiger partial charge in [-0.05, 0) is 13.0 Å². The number of nitrogens with zero attached hydrogens (tertiary/aromatic N) is 2. The highest BCUT2D eigenvalue weighted by Gasteiger charge is 2.39. The minimum absolute atomic E-state index is 0.0175. The molecule has 2 atom stereocenters. The van der Waals surface area contributed by atoms with Crippen molar-refractivity contribution in [2.45, 2.75) is 25.5 Å². The maximum absolute atomic E-state index is 12.4. The molecule has 1 amide bonds. The summed E-state index contributed by atoms with van der Waals surface area (Å²) in [5.74, 6) is -1.81. The van der Waals surface area contributed by atoms with Gasteiger partial charge in [0.05, 0.1) is 6.10 Å². The van der Waals surface area contributed by atoms with Crippen molar-refractivity contribution < 1.29 is 24.6 Å². The van der Waals surface area contributed by atoms with E-state index in [0.717, 1.165) is 4.90 Å². The van der Waals surface area contributed by atoms with Crippen molar-refractivity contribution in [1.82, 2.24) is 9.47 Å². The number of carboxylic acids is 1. The summed E-state index contributed by atoms with van der Waals surface area (Å²) in [5.41, 5.74) is 0.623. The smallest absolute Gasteiger partial charge is 0.326 e. The van der Waals surface area contributed by atoms with Gasteiger partial charge in [0.2, 0.25) is 0 Å². The van der Waals surface area contributed by atoms with Crippen molar-refractivity contribution in [3.8, 4) is 0 Å². The number of aliphatic hydroxyl groups is 1. The van der Waals surface area contributed by atoms with Gasteiger partial charge in [-0.3, -0.25) is 9.59 Å². The lowest BCUT2D eigenvalue weighted by Gasteiger charge is -2.21. The molecule has 0 spiro atoms. The predicted molar refractivity (Wildman–Crippen MR) is 68.5 cm³/mol. The van der Waals surface area contributed by atoms with Gasteiger partial charge in [0.1, 0.15) is 11.7 Å². The van der Waals surface area contributed by atoms with E-state index in [-0.39, 0.29) is 24.4 Å². The van der Waals surface area contributed by atoms with Crippen LogP contribution in [0.5, 0.6) is 0 Å². The van der Waals surface area contributed by atoms with E-state index in [9.17, 15) is 19.5 Å². The van der Waals surface area contributed by atoms with Gasteiger partial charge in [0.15, 0.2) is 5.78 Å². The van der Waals surface area contributed by atoms with Crippen molar-refractivity contribution in [3.05, 3.63) is 23.5 Å². The zero-order valence-corrected chi connectivity index (χ0v) is 11.2. The largest absolute Gasteiger partial charge is 0.480 e. The molecule has 0 bridgehead atoms. The van der Waals surface area contributed by atoms with Crippen LogP contribution in [0, 0.1) is 0 Å². The summed E-state index contributed by atoms with van der Waals surface area (Å²) in [6.07, 6.45) is 0.704. The molecule has 0 aliphatic carbocycles. The average molecular weight is 280 g/mol. The van der Waals surface area contributed by atoms with Crippen molar-refractivity contribution in [1.29, 1.82) is 0 Å². The van der Waals surface area contributed by atoms with Gasteiger partial charge in [-0.1, -0.05) is 0 Å². The SMILES string of the molecule is CC(=O)c1cc(C(=O)N2C[C@H](O)C[C@@H]2C(=O)O)n(C)c1. The molecule has 1 aromatic rings. The quantitative estimate of drug-likeness (QED) is 0.752. The van der Waals surface area contributed by atoms with E-state index in [0.29, 0.717) is 5.56 Å². The van der Waals surface area contributed by atoms with Crippen LogP contribution < -0.4 is 0 Å². The molecule has 1 aromatic heterocycles. The Hall–Kier alpha value is -2.15. The number of carboxylic acid groups (broad SMARTS) is 1. The van der Waals surface area contributed by atoms with Gasteiger partial charge in [0, 0.05) is 31.8 Å². The summed E-state index contributed by atoms with van der Waals surface area (Å²) >= 11 is 0. The first-order valence-electron chi connectivity index (χ1n) is 6.20. The number of aromatic nitrogens is 1. The second-order valence-corrected chi connectivity index (χ2v) is 4.98. The molecule has 0 unspecified atom stereocenters. The molecule has 108 valence electrons. The first-order chi connectivity index (χ1) is 9.31. The molecular formula is C13H16N2O5. The molecule has 1 fully saturated rings. The lowest BCUT2D eigenvalue weighted by molar-refractivity contribution is -0.141. The van der Waals surface area contributed by atoms with Crippen molar-refractivity contribution in [2.24, 2.45) is 7.05 Å². The number of likely N-dealkylation sites (tertiary alicyclic amines) is 1. The lowest BCUT2D eigenvalue weighted by Crippen LogP contribution is -2.41. The third-order valence-corrected chi connectivity index (χ3v) is 3.46. The number of aliphatic hydroxyl groups excluding tert-OH is 1. The van der Waals surface area contributed by atoms with Gasteiger partial charge < -0.3 is 19.7 Å². The lowest BCUT2D eigenvalue weighted by atomic mass is 10.2. The van der Waals surface area contributed by atoms with Gasteiger partial charge in [0.25, 0.3) is 5.91 Å². The van der Waals surface area contributed by atoms with Gasteiger partial charge >= 0.3 is 5.97 Å². The predicted octanol–water partition coefficient (Wildman–Crippen LogP) is -0.112. The van der Waals surface area contributed by atoms with E-state index < -0.39 is 24.0 Å². The third-order valence-electron chi connectivity index (χ3n) is 3.46. The molecule has 2 rings (SSSR count). The molecule has 2 N–H and O–H groups in total. The number of β-amino-alcohol motifs (C(OH)–C–C–N with tert-alkyl or cyclic N) is 1. The highest BCUT2D eigenvalue weighted by Crippen LogP contribution is 2.21.